The van der Waals surface area contributed by atoms with Crippen LogP contribution in [0.5, 0.6) is 0 Å². The van der Waals surface area contributed by atoms with E-state index in [1.54, 1.807) is 30.3 Å². The van der Waals surface area contributed by atoms with Crippen LogP contribution < -0.4 is 16.0 Å². The average Bonchev–Trinajstić information content (AvgIpc) is 3.20. The minimum atomic E-state index is -0.249. The first-order valence-corrected chi connectivity index (χ1v) is 13.1. The Morgan fingerprint density at radius 2 is 1.66 bits per heavy atom. The molecular formula is C31H36N4O3. The third-order valence-electron chi connectivity index (χ3n) is 7.36. The molecule has 2 amide bonds. The van der Waals surface area contributed by atoms with Gasteiger partial charge in [0, 0.05) is 28.1 Å². The molecule has 2 aromatic carbocycles. The van der Waals surface area contributed by atoms with E-state index in [4.69, 9.17) is 0 Å². The highest BCUT2D eigenvalue weighted by Crippen LogP contribution is 2.25. The molecule has 0 aliphatic carbocycles. The van der Waals surface area contributed by atoms with Gasteiger partial charge in [-0.05, 0) is 88.5 Å². The molecule has 2 heterocycles. The van der Waals surface area contributed by atoms with E-state index in [2.05, 4.69) is 27.9 Å². The van der Waals surface area contributed by atoms with Crippen LogP contribution in [0.15, 0.2) is 54.6 Å². The van der Waals surface area contributed by atoms with Crippen LogP contribution in [0.3, 0.4) is 0 Å². The van der Waals surface area contributed by atoms with E-state index in [1.165, 1.54) is 0 Å². The van der Waals surface area contributed by atoms with Crippen LogP contribution in [0.1, 0.15) is 81.5 Å². The smallest absolute Gasteiger partial charge is 0.253 e. The highest BCUT2D eigenvalue weighted by molar-refractivity contribution is 6.14. The molecule has 1 aromatic heterocycles. The van der Waals surface area contributed by atoms with Crippen molar-refractivity contribution in [3.8, 4) is 0 Å². The Labute approximate surface area is 224 Å². The highest BCUT2D eigenvalue weighted by atomic mass is 16.2. The highest BCUT2D eigenvalue weighted by Gasteiger charge is 2.30. The van der Waals surface area contributed by atoms with Crippen molar-refractivity contribution in [3.63, 3.8) is 0 Å². The maximum Gasteiger partial charge on any atom is 0.253 e. The number of allylic oxidation sites excluding steroid dienone is 1. The number of rotatable bonds is 8. The molecule has 3 aromatic rings. The topological polar surface area (TPSA) is 103 Å². The molecule has 0 radical (unpaired) electrons. The van der Waals surface area contributed by atoms with Gasteiger partial charge in [0.05, 0.1) is 11.6 Å². The van der Waals surface area contributed by atoms with Crippen molar-refractivity contribution >= 4 is 29.7 Å². The zero-order chi connectivity index (χ0) is 27.3. The van der Waals surface area contributed by atoms with Gasteiger partial charge in [-0.15, -0.1) is 0 Å². The predicted molar refractivity (Wildman–Crippen MR) is 151 cm³/mol. The Kier molecular flexibility index (Phi) is 8.27. The van der Waals surface area contributed by atoms with E-state index in [9.17, 15) is 14.4 Å². The first-order valence-electron chi connectivity index (χ1n) is 13.1. The fourth-order valence-electron chi connectivity index (χ4n) is 4.99. The lowest BCUT2D eigenvalue weighted by Gasteiger charge is -2.35. The SMILES string of the molecule is Cc1[nH]c(/C=C(\C=O)c2cccc(C(=O)NC(C)c3ccccc3)c2)c(C)c1C(=O)NC1(C)CCNCC1. The van der Waals surface area contributed by atoms with Gasteiger partial charge in [0.1, 0.15) is 0 Å². The largest absolute Gasteiger partial charge is 0.358 e. The molecular weight excluding hydrogens is 476 g/mol. The summed E-state index contributed by atoms with van der Waals surface area (Å²) in [7, 11) is 0. The number of aromatic amines is 1. The summed E-state index contributed by atoms with van der Waals surface area (Å²) in [6.45, 7) is 9.51. The van der Waals surface area contributed by atoms with Crippen molar-refractivity contribution < 1.29 is 14.4 Å². The van der Waals surface area contributed by atoms with Crippen molar-refractivity contribution in [2.75, 3.05) is 13.1 Å². The molecule has 1 aliphatic rings. The number of piperidine rings is 1. The summed E-state index contributed by atoms with van der Waals surface area (Å²) in [5, 5.41) is 9.56. The monoisotopic (exact) mass is 512 g/mol. The summed E-state index contributed by atoms with van der Waals surface area (Å²) in [4.78, 5) is 41.6. The lowest BCUT2D eigenvalue weighted by atomic mass is 9.90. The van der Waals surface area contributed by atoms with Crippen LogP contribution in [0.4, 0.5) is 0 Å². The number of H-pyrrole nitrogens is 1. The number of aldehydes is 1. The van der Waals surface area contributed by atoms with Gasteiger partial charge in [-0.1, -0.05) is 42.5 Å². The van der Waals surface area contributed by atoms with Gasteiger partial charge >= 0.3 is 0 Å². The average molecular weight is 513 g/mol. The molecule has 4 N–H and O–H groups in total. The van der Waals surface area contributed by atoms with Crippen LogP contribution in [0.25, 0.3) is 11.6 Å². The van der Waals surface area contributed by atoms with E-state index >= 15 is 0 Å². The number of carbonyl (C=O) groups is 3. The van der Waals surface area contributed by atoms with Crippen molar-refractivity contribution in [1.29, 1.82) is 0 Å². The number of carbonyl (C=O) groups excluding carboxylic acids is 3. The normalized spacial score (nSPS) is 15.9. The van der Waals surface area contributed by atoms with E-state index < -0.39 is 0 Å². The van der Waals surface area contributed by atoms with Crippen molar-refractivity contribution in [2.45, 2.75) is 52.1 Å². The summed E-state index contributed by atoms with van der Waals surface area (Å²) in [5.74, 6) is -0.329. The lowest BCUT2D eigenvalue weighted by Crippen LogP contribution is -2.52. The van der Waals surface area contributed by atoms with Gasteiger partial charge < -0.3 is 20.9 Å². The molecule has 0 bridgehead atoms. The van der Waals surface area contributed by atoms with Gasteiger partial charge in [-0.25, -0.2) is 0 Å². The molecule has 198 valence electrons. The summed E-state index contributed by atoms with van der Waals surface area (Å²) in [6, 6.07) is 16.6. The first kappa shape index (κ1) is 27.1. The third-order valence-corrected chi connectivity index (χ3v) is 7.36. The second-order valence-electron chi connectivity index (χ2n) is 10.3. The fourth-order valence-corrected chi connectivity index (χ4v) is 4.99. The lowest BCUT2D eigenvalue weighted by molar-refractivity contribution is -0.103. The molecule has 7 heteroatoms. The number of nitrogens with one attached hydrogen (secondary N) is 4. The molecule has 1 aliphatic heterocycles. The molecule has 1 fully saturated rings. The number of hydrogen-bond donors (Lipinski definition) is 4. The van der Waals surface area contributed by atoms with Crippen molar-refractivity contribution in [3.05, 3.63) is 93.8 Å². The number of aryl methyl sites for hydroxylation is 1. The Hall–Kier alpha value is -3.97. The standard InChI is InChI=1S/C31H36N4O3/c1-20-27(33-22(3)28(20)30(38)35-31(4)13-15-32-16-14-31)18-26(19-36)24-11-8-12-25(17-24)29(37)34-21(2)23-9-6-5-7-10-23/h5-12,17-19,21,32-33H,13-16H2,1-4H3,(H,34,37)(H,35,38)/b26-18+. The van der Waals surface area contributed by atoms with E-state index in [0.29, 0.717) is 28.0 Å². The van der Waals surface area contributed by atoms with Gasteiger partial charge in [0.15, 0.2) is 6.29 Å². The molecule has 1 unspecified atom stereocenters. The van der Waals surface area contributed by atoms with Crippen LogP contribution in [-0.2, 0) is 4.79 Å². The molecule has 4 rings (SSSR count). The zero-order valence-corrected chi connectivity index (χ0v) is 22.5. The molecule has 7 nitrogen and oxygen atoms in total. The third kappa shape index (κ3) is 6.11. The Bertz CT molecular complexity index is 1350. The number of amides is 2. The second-order valence-corrected chi connectivity index (χ2v) is 10.3. The Morgan fingerprint density at radius 3 is 2.34 bits per heavy atom. The number of hydrogen-bond acceptors (Lipinski definition) is 4. The number of aromatic nitrogens is 1. The predicted octanol–water partition coefficient (Wildman–Crippen LogP) is 4.73. The molecule has 1 atom stereocenters. The van der Waals surface area contributed by atoms with E-state index in [1.807, 2.05) is 51.1 Å². The zero-order valence-electron chi connectivity index (χ0n) is 22.5. The number of benzene rings is 2. The van der Waals surface area contributed by atoms with Gasteiger partial charge in [-0.3, -0.25) is 14.4 Å². The van der Waals surface area contributed by atoms with Gasteiger partial charge in [0.25, 0.3) is 11.8 Å². The fraction of sp³-hybridized carbons (Fsp3) is 0.323. The minimum absolute atomic E-state index is 0.112. The van der Waals surface area contributed by atoms with Crippen LogP contribution in [0.2, 0.25) is 0 Å². The molecule has 0 spiro atoms. The maximum absolute atomic E-state index is 13.2. The first-order chi connectivity index (χ1) is 18.2. The van der Waals surface area contributed by atoms with Crippen LogP contribution >= 0.6 is 0 Å². The summed E-state index contributed by atoms with van der Waals surface area (Å²) in [5.41, 5.74) is 5.09. The molecule has 1 saturated heterocycles. The van der Waals surface area contributed by atoms with Crippen LogP contribution in [-0.4, -0.2) is 41.7 Å². The van der Waals surface area contributed by atoms with Gasteiger partial charge in [0.2, 0.25) is 0 Å². The molecule has 38 heavy (non-hydrogen) atoms. The van der Waals surface area contributed by atoms with E-state index in [0.717, 1.165) is 49.0 Å². The Balaban J connectivity index is 1.55. The second kappa shape index (κ2) is 11.6. The quantitative estimate of drug-likeness (QED) is 0.259. The Morgan fingerprint density at radius 1 is 0.974 bits per heavy atom. The minimum Gasteiger partial charge on any atom is -0.358 e. The molecule has 0 saturated carbocycles. The maximum atomic E-state index is 13.2. The van der Waals surface area contributed by atoms with Crippen molar-refractivity contribution in [1.82, 2.24) is 20.9 Å². The van der Waals surface area contributed by atoms with E-state index in [-0.39, 0.29) is 23.4 Å². The summed E-state index contributed by atoms with van der Waals surface area (Å²) < 4.78 is 0. The van der Waals surface area contributed by atoms with Crippen LogP contribution in [0, 0.1) is 13.8 Å². The van der Waals surface area contributed by atoms with Crippen molar-refractivity contribution in [2.24, 2.45) is 0 Å². The van der Waals surface area contributed by atoms with Gasteiger partial charge in [-0.2, -0.15) is 0 Å². The summed E-state index contributed by atoms with van der Waals surface area (Å²) in [6.07, 6.45) is 4.26. The summed E-state index contributed by atoms with van der Waals surface area (Å²) >= 11 is 0.